The van der Waals surface area contributed by atoms with Gasteiger partial charge in [-0.25, -0.2) is 0 Å². The van der Waals surface area contributed by atoms with Crippen LogP contribution in [0.3, 0.4) is 0 Å². The van der Waals surface area contributed by atoms with Gasteiger partial charge in [0.15, 0.2) is 0 Å². The van der Waals surface area contributed by atoms with Crippen molar-refractivity contribution >= 4 is 5.91 Å². The van der Waals surface area contributed by atoms with E-state index in [1.165, 1.54) is 31.0 Å². The SMILES string of the molecule is O=C(NC1CCN(C2CC2)C1)c1cc(O)cc(O)c1. The zero-order valence-electron chi connectivity index (χ0n) is 10.7. The van der Waals surface area contributed by atoms with Gasteiger partial charge in [0.2, 0.25) is 0 Å². The quantitative estimate of drug-likeness (QED) is 0.761. The predicted octanol–water partition coefficient (Wildman–Crippen LogP) is 1.06. The Labute approximate surface area is 111 Å². The second-order valence-corrected chi connectivity index (χ2v) is 5.42. The summed E-state index contributed by atoms with van der Waals surface area (Å²) in [5, 5.41) is 21.7. The molecule has 5 heteroatoms. The molecule has 2 fully saturated rings. The topological polar surface area (TPSA) is 72.8 Å². The summed E-state index contributed by atoms with van der Waals surface area (Å²) in [5.74, 6) is -0.443. The summed E-state index contributed by atoms with van der Waals surface area (Å²) in [6.07, 6.45) is 3.52. The summed E-state index contributed by atoms with van der Waals surface area (Å²) in [6, 6.07) is 4.83. The molecule has 1 aliphatic carbocycles. The van der Waals surface area contributed by atoms with E-state index in [0.717, 1.165) is 25.6 Å². The van der Waals surface area contributed by atoms with E-state index in [1.54, 1.807) is 0 Å². The Morgan fingerprint density at radius 3 is 2.47 bits per heavy atom. The maximum absolute atomic E-state index is 12.0. The minimum atomic E-state index is -0.242. The van der Waals surface area contributed by atoms with Crippen LogP contribution < -0.4 is 5.32 Å². The fourth-order valence-corrected chi connectivity index (χ4v) is 2.67. The number of amides is 1. The largest absolute Gasteiger partial charge is 0.508 e. The molecule has 1 saturated heterocycles. The smallest absolute Gasteiger partial charge is 0.251 e. The fourth-order valence-electron chi connectivity index (χ4n) is 2.67. The van der Waals surface area contributed by atoms with Crippen LogP contribution in [0, 0.1) is 0 Å². The van der Waals surface area contributed by atoms with Crippen molar-refractivity contribution in [1.29, 1.82) is 0 Å². The van der Waals surface area contributed by atoms with Crippen molar-refractivity contribution in [2.24, 2.45) is 0 Å². The average molecular weight is 262 g/mol. The van der Waals surface area contributed by atoms with Crippen LogP contribution in [-0.4, -0.2) is 46.2 Å². The third-order valence-corrected chi connectivity index (χ3v) is 3.78. The number of rotatable bonds is 3. The molecule has 5 nitrogen and oxygen atoms in total. The molecule has 3 rings (SSSR count). The summed E-state index contributed by atoms with van der Waals surface area (Å²) in [4.78, 5) is 14.5. The molecule has 0 bridgehead atoms. The molecule has 1 atom stereocenters. The number of benzene rings is 1. The monoisotopic (exact) mass is 262 g/mol. The van der Waals surface area contributed by atoms with E-state index in [0.29, 0.717) is 5.56 Å². The first-order valence-corrected chi connectivity index (χ1v) is 6.70. The van der Waals surface area contributed by atoms with Crippen molar-refractivity contribution in [3.8, 4) is 11.5 Å². The van der Waals surface area contributed by atoms with E-state index in [-0.39, 0.29) is 23.4 Å². The average Bonchev–Trinajstić information content (AvgIpc) is 3.09. The van der Waals surface area contributed by atoms with E-state index in [2.05, 4.69) is 10.2 Å². The lowest BCUT2D eigenvalue weighted by Gasteiger charge is -2.16. The van der Waals surface area contributed by atoms with E-state index in [9.17, 15) is 15.0 Å². The van der Waals surface area contributed by atoms with Gasteiger partial charge in [-0.15, -0.1) is 0 Å². The molecule has 19 heavy (non-hydrogen) atoms. The van der Waals surface area contributed by atoms with Gasteiger partial charge in [0.25, 0.3) is 5.91 Å². The number of carbonyl (C=O) groups is 1. The molecule has 2 aliphatic rings. The standard InChI is InChI=1S/C14H18N2O3/c17-12-5-9(6-13(18)7-12)14(19)15-10-3-4-16(8-10)11-1-2-11/h5-7,10-11,17-18H,1-4,8H2,(H,15,19). The van der Waals surface area contributed by atoms with Gasteiger partial charge < -0.3 is 15.5 Å². The Morgan fingerprint density at radius 1 is 1.16 bits per heavy atom. The van der Waals surface area contributed by atoms with Crippen LogP contribution >= 0.6 is 0 Å². The number of nitrogens with one attached hydrogen (secondary N) is 1. The third kappa shape index (κ3) is 2.81. The van der Waals surface area contributed by atoms with Crippen LogP contribution in [-0.2, 0) is 0 Å². The number of likely N-dealkylation sites (tertiary alicyclic amines) is 1. The van der Waals surface area contributed by atoms with Crippen LogP contribution in [0.5, 0.6) is 11.5 Å². The van der Waals surface area contributed by atoms with Crippen LogP contribution in [0.15, 0.2) is 18.2 Å². The van der Waals surface area contributed by atoms with Crippen molar-refractivity contribution in [3.05, 3.63) is 23.8 Å². The van der Waals surface area contributed by atoms with E-state index in [1.807, 2.05) is 0 Å². The Bertz CT molecular complexity index is 479. The first-order valence-electron chi connectivity index (χ1n) is 6.70. The maximum Gasteiger partial charge on any atom is 0.251 e. The molecule has 0 radical (unpaired) electrons. The Kier molecular flexibility index (Phi) is 3.06. The van der Waals surface area contributed by atoms with Gasteiger partial charge in [-0.2, -0.15) is 0 Å². The van der Waals surface area contributed by atoms with Gasteiger partial charge in [-0.3, -0.25) is 9.69 Å². The molecule has 1 saturated carbocycles. The lowest BCUT2D eigenvalue weighted by molar-refractivity contribution is 0.0936. The molecule has 1 heterocycles. The van der Waals surface area contributed by atoms with Crippen molar-refractivity contribution in [2.45, 2.75) is 31.3 Å². The van der Waals surface area contributed by atoms with E-state index >= 15 is 0 Å². The summed E-state index contributed by atoms with van der Waals surface area (Å²) >= 11 is 0. The highest BCUT2D eigenvalue weighted by Gasteiger charge is 2.34. The molecular formula is C14H18N2O3. The minimum Gasteiger partial charge on any atom is -0.508 e. The highest BCUT2D eigenvalue weighted by Crippen LogP contribution is 2.30. The highest BCUT2D eigenvalue weighted by molar-refractivity contribution is 5.95. The van der Waals surface area contributed by atoms with Crippen LogP contribution in [0.1, 0.15) is 29.6 Å². The molecule has 1 unspecified atom stereocenters. The number of aromatic hydroxyl groups is 2. The molecule has 1 amide bonds. The fraction of sp³-hybridized carbons (Fsp3) is 0.500. The second-order valence-electron chi connectivity index (χ2n) is 5.42. The number of hydrogen-bond acceptors (Lipinski definition) is 4. The summed E-state index contributed by atoms with van der Waals surface area (Å²) < 4.78 is 0. The lowest BCUT2D eigenvalue weighted by Crippen LogP contribution is -2.37. The summed E-state index contributed by atoms with van der Waals surface area (Å²) in [6.45, 7) is 1.95. The van der Waals surface area contributed by atoms with Crippen LogP contribution in [0.4, 0.5) is 0 Å². The molecule has 1 aliphatic heterocycles. The Balaban J connectivity index is 1.61. The van der Waals surface area contributed by atoms with Crippen LogP contribution in [0.25, 0.3) is 0 Å². The number of nitrogens with zero attached hydrogens (tertiary/aromatic N) is 1. The highest BCUT2D eigenvalue weighted by atomic mass is 16.3. The van der Waals surface area contributed by atoms with Crippen LogP contribution in [0.2, 0.25) is 0 Å². The van der Waals surface area contributed by atoms with Crippen molar-refractivity contribution in [1.82, 2.24) is 10.2 Å². The van der Waals surface area contributed by atoms with Gasteiger partial charge in [-0.05, 0) is 31.4 Å². The zero-order chi connectivity index (χ0) is 13.4. The second kappa shape index (κ2) is 4.74. The predicted molar refractivity (Wildman–Crippen MR) is 70.2 cm³/mol. The van der Waals surface area contributed by atoms with Crippen molar-refractivity contribution < 1.29 is 15.0 Å². The molecule has 0 aromatic heterocycles. The van der Waals surface area contributed by atoms with Gasteiger partial charge >= 0.3 is 0 Å². The molecule has 0 spiro atoms. The number of carbonyl (C=O) groups excluding carboxylic acids is 1. The summed E-state index contributed by atoms with van der Waals surface area (Å²) in [5.41, 5.74) is 0.294. The normalized spacial score (nSPS) is 23.5. The van der Waals surface area contributed by atoms with Crippen molar-refractivity contribution in [2.75, 3.05) is 13.1 Å². The third-order valence-electron chi connectivity index (χ3n) is 3.78. The minimum absolute atomic E-state index is 0.101. The van der Waals surface area contributed by atoms with E-state index in [4.69, 9.17) is 0 Å². The Hall–Kier alpha value is -1.75. The number of phenols is 2. The lowest BCUT2D eigenvalue weighted by atomic mass is 10.1. The first kappa shape index (κ1) is 12.3. The van der Waals surface area contributed by atoms with Gasteiger partial charge in [0.05, 0.1) is 0 Å². The number of phenolic OH excluding ortho intramolecular Hbond substituents is 2. The zero-order valence-corrected chi connectivity index (χ0v) is 10.7. The Morgan fingerprint density at radius 2 is 1.84 bits per heavy atom. The van der Waals surface area contributed by atoms with Crippen molar-refractivity contribution in [3.63, 3.8) is 0 Å². The molecule has 1 aromatic rings. The van der Waals surface area contributed by atoms with Gasteiger partial charge in [0.1, 0.15) is 11.5 Å². The first-order chi connectivity index (χ1) is 9.11. The molecular weight excluding hydrogens is 244 g/mol. The van der Waals surface area contributed by atoms with E-state index < -0.39 is 0 Å². The number of hydrogen-bond donors (Lipinski definition) is 3. The van der Waals surface area contributed by atoms with Gasteiger partial charge in [-0.1, -0.05) is 0 Å². The molecule has 1 aromatic carbocycles. The molecule has 102 valence electrons. The van der Waals surface area contributed by atoms with Gasteiger partial charge in [0, 0.05) is 36.8 Å². The maximum atomic E-state index is 12.0. The molecule has 3 N–H and O–H groups in total. The summed E-state index contributed by atoms with van der Waals surface area (Å²) in [7, 11) is 0.